The fourth-order valence-corrected chi connectivity index (χ4v) is 5.23. The summed E-state index contributed by atoms with van der Waals surface area (Å²) in [4.78, 5) is 28.6. The second-order valence-electron chi connectivity index (χ2n) is 10.8. The fraction of sp³-hybridized carbons (Fsp3) is 0.704. The Labute approximate surface area is 212 Å². The van der Waals surface area contributed by atoms with Gasteiger partial charge < -0.3 is 15.4 Å². The van der Waals surface area contributed by atoms with E-state index in [-0.39, 0.29) is 35.9 Å². The number of hydrogen-bond acceptors (Lipinski definition) is 4. The number of carbonyl (C=O) groups excluding carboxylic acids is 2. The summed E-state index contributed by atoms with van der Waals surface area (Å²) in [6.07, 6.45) is -0.489. The molecule has 2 amide bonds. The molecule has 0 radical (unpaired) electrons. The Hall–Kier alpha value is -2.13. The van der Waals surface area contributed by atoms with E-state index in [4.69, 9.17) is 4.74 Å². The molecule has 202 valence electrons. The van der Waals surface area contributed by atoms with E-state index in [0.29, 0.717) is 52.0 Å². The minimum Gasteiger partial charge on any atom is -0.379 e. The average Bonchev–Trinajstić information content (AvgIpc) is 2.81. The van der Waals surface area contributed by atoms with E-state index in [0.717, 1.165) is 18.9 Å². The molecule has 0 aromatic heterocycles. The summed E-state index contributed by atoms with van der Waals surface area (Å²) in [6, 6.07) is 4.89. The maximum Gasteiger partial charge on any atom is 0.416 e. The van der Waals surface area contributed by atoms with Crippen LogP contribution in [0.15, 0.2) is 24.3 Å². The van der Waals surface area contributed by atoms with Crippen LogP contribution in [0.4, 0.5) is 13.2 Å². The summed E-state index contributed by atoms with van der Waals surface area (Å²) in [5.74, 6) is -0.106. The number of likely N-dealkylation sites (tertiary alicyclic amines) is 1. The first-order valence-electron chi connectivity index (χ1n) is 13.1. The molecule has 2 N–H and O–H groups in total. The molecule has 2 aliphatic heterocycles. The quantitative estimate of drug-likeness (QED) is 0.624. The number of carbonyl (C=O) groups is 2. The highest BCUT2D eigenvalue weighted by Gasteiger charge is 2.43. The van der Waals surface area contributed by atoms with Crippen LogP contribution < -0.4 is 10.6 Å². The highest BCUT2D eigenvalue weighted by atomic mass is 19.4. The monoisotopic (exact) mass is 511 g/mol. The van der Waals surface area contributed by atoms with E-state index in [2.05, 4.69) is 10.6 Å². The molecule has 0 saturated carbocycles. The van der Waals surface area contributed by atoms with Crippen molar-refractivity contribution in [3.05, 3.63) is 35.4 Å². The van der Waals surface area contributed by atoms with Crippen LogP contribution in [0.5, 0.6) is 0 Å². The Bertz CT molecular complexity index is 883. The predicted octanol–water partition coefficient (Wildman–Crippen LogP) is 4.52. The second-order valence-corrected chi connectivity index (χ2v) is 10.8. The molecule has 2 saturated heterocycles. The van der Waals surface area contributed by atoms with Crippen molar-refractivity contribution in [3.8, 4) is 0 Å². The average molecular weight is 512 g/mol. The minimum atomic E-state index is -4.40. The van der Waals surface area contributed by atoms with E-state index >= 15 is 0 Å². The largest absolute Gasteiger partial charge is 0.416 e. The van der Waals surface area contributed by atoms with Crippen molar-refractivity contribution in [1.29, 1.82) is 0 Å². The van der Waals surface area contributed by atoms with Crippen LogP contribution >= 0.6 is 0 Å². The molecule has 6 nitrogen and oxygen atoms in total. The van der Waals surface area contributed by atoms with E-state index in [1.807, 2.05) is 25.7 Å². The molecule has 2 aliphatic rings. The lowest BCUT2D eigenvalue weighted by Gasteiger charge is -2.41. The molecule has 1 spiro atoms. The Morgan fingerprint density at radius 1 is 1.08 bits per heavy atom. The van der Waals surface area contributed by atoms with Crippen molar-refractivity contribution in [2.45, 2.75) is 84.1 Å². The molecule has 2 fully saturated rings. The number of piperidine rings is 1. The molecule has 0 bridgehead atoms. The summed E-state index contributed by atoms with van der Waals surface area (Å²) >= 11 is 0. The van der Waals surface area contributed by atoms with Crippen molar-refractivity contribution in [3.63, 3.8) is 0 Å². The Morgan fingerprint density at radius 3 is 2.44 bits per heavy atom. The van der Waals surface area contributed by atoms with Gasteiger partial charge in [0.05, 0.1) is 17.6 Å². The van der Waals surface area contributed by atoms with Crippen LogP contribution in [0, 0.1) is 11.3 Å². The highest BCUT2D eigenvalue weighted by Crippen LogP contribution is 2.39. The number of benzene rings is 1. The lowest BCUT2D eigenvalue weighted by atomic mass is 9.73. The Kier molecular flexibility index (Phi) is 9.80. The summed E-state index contributed by atoms with van der Waals surface area (Å²) in [5, 5.41) is 6.01. The van der Waals surface area contributed by atoms with Gasteiger partial charge in [0.2, 0.25) is 11.8 Å². The smallest absolute Gasteiger partial charge is 0.379 e. The number of nitrogens with one attached hydrogen (secondary N) is 2. The van der Waals surface area contributed by atoms with Crippen molar-refractivity contribution in [2.24, 2.45) is 11.3 Å². The van der Waals surface area contributed by atoms with Crippen LogP contribution in [-0.2, 0) is 27.0 Å². The summed E-state index contributed by atoms with van der Waals surface area (Å²) in [7, 11) is 0. The van der Waals surface area contributed by atoms with Gasteiger partial charge in [0.1, 0.15) is 6.04 Å². The van der Waals surface area contributed by atoms with Gasteiger partial charge in [-0.3, -0.25) is 14.5 Å². The molecule has 2 atom stereocenters. The molecule has 0 unspecified atom stereocenters. The van der Waals surface area contributed by atoms with E-state index < -0.39 is 23.2 Å². The fourth-order valence-electron chi connectivity index (χ4n) is 5.23. The van der Waals surface area contributed by atoms with Crippen LogP contribution in [0.2, 0.25) is 0 Å². The summed E-state index contributed by atoms with van der Waals surface area (Å²) in [5.41, 5.74) is -1.00. The number of amides is 2. The summed E-state index contributed by atoms with van der Waals surface area (Å²) < 4.78 is 46.1. The zero-order valence-electron chi connectivity index (χ0n) is 21.6. The third-order valence-corrected chi connectivity index (χ3v) is 7.29. The molecule has 9 heteroatoms. The first-order chi connectivity index (χ1) is 17.0. The molecular weight excluding hydrogens is 471 g/mol. The number of alkyl halides is 3. The van der Waals surface area contributed by atoms with Crippen molar-refractivity contribution < 1.29 is 27.5 Å². The molecule has 2 heterocycles. The van der Waals surface area contributed by atoms with Gasteiger partial charge in [0.15, 0.2) is 0 Å². The van der Waals surface area contributed by atoms with Crippen LogP contribution in [0.1, 0.15) is 70.4 Å². The van der Waals surface area contributed by atoms with Gasteiger partial charge in [-0.1, -0.05) is 38.5 Å². The Morgan fingerprint density at radius 2 is 1.78 bits per heavy atom. The minimum absolute atomic E-state index is 0.119. The van der Waals surface area contributed by atoms with E-state index in [1.54, 1.807) is 6.07 Å². The normalized spacial score (nSPS) is 25.0. The van der Waals surface area contributed by atoms with Gasteiger partial charge in [-0.05, 0) is 69.7 Å². The van der Waals surface area contributed by atoms with E-state index in [9.17, 15) is 22.8 Å². The van der Waals surface area contributed by atoms with E-state index in [1.165, 1.54) is 12.1 Å². The standard InChI is InChI=1S/C27H40F3N3O3/c1-19(2)16-23-24(34)31-20(3)18-36-15-7-6-10-26(25(35)32-23)11-13-33(14-12-26)17-21-8-4-5-9-22(21)27(28,29)30/h4-5,8-9,19-20,23H,6-7,10-18H2,1-3H3,(H,31,34)(H,32,35)/t20-,23+/m1/s1. The Balaban J connectivity index is 1.74. The van der Waals surface area contributed by atoms with Gasteiger partial charge in [0, 0.05) is 19.2 Å². The molecule has 1 aromatic carbocycles. The number of nitrogens with zero attached hydrogens (tertiary/aromatic N) is 1. The predicted molar refractivity (Wildman–Crippen MR) is 132 cm³/mol. The molecule has 3 rings (SSSR count). The van der Waals surface area contributed by atoms with Gasteiger partial charge in [-0.2, -0.15) is 13.2 Å². The lowest BCUT2D eigenvalue weighted by molar-refractivity contribution is -0.139. The zero-order chi connectivity index (χ0) is 26.3. The molecule has 0 aliphatic carbocycles. The first-order valence-corrected chi connectivity index (χ1v) is 13.1. The SMILES string of the molecule is CC(C)C[C@@H]1NC(=O)C2(CCCCOC[C@@H](C)NC1=O)CCN(Cc1ccccc1C(F)(F)F)CC2. The van der Waals surface area contributed by atoms with Gasteiger partial charge in [-0.25, -0.2) is 0 Å². The second kappa shape index (κ2) is 12.4. The number of halogens is 3. The van der Waals surface area contributed by atoms with Crippen molar-refractivity contribution in [2.75, 3.05) is 26.3 Å². The third kappa shape index (κ3) is 7.68. The summed E-state index contributed by atoms with van der Waals surface area (Å²) in [6.45, 7) is 8.14. The zero-order valence-corrected chi connectivity index (χ0v) is 21.6. The van der Waals surface area contributed by atoms with Gasteiger partial charge in [0.25, 0.3) is 0 Å². The molecule has 36 heavy (non-hydrogen) atoms. The van der Waals surface area contributed by atoms with Gasteiger partial charge >= 0.3 is 6.18 Å². The highest BCUT2D eigenvalue weighted by molar-refractivity contribution is 5.90. The molecule has 1 aromatic rings. The third-order valence-electron chi connectivity index (χ3n) is 7.29. The first kappa shape index (κ1) is 28.4. The van der Waals surface area contributed by atoms with Crippen LogP contribution in [0.25, 0.3) is 0 Å². The number of ether oxygens (including phenoxy) is 1. The lowest BCUT2D eigenvalue weighted by Crippen LogP contribution is -2.55. The molecular formula is C27H40F3N3O3. The number of hydrogen-bond donors (Lipinski definition) is 2. The van der Waals surface area contributed by atoms with Crippen molar-refractivity contribution in [1.82, 2.24) is 15.5 Å². The topological polar surface area (TPSA) is 70.7 Å². The van der Waals surface area contributed by atoms with Crippen molar-refractivity contribution >= 4 is 11.8 Å². The maximum atomic E-state index is 13.7. The van der Waals surface area contributed by atoms with Crippen LogP contribution in [-0.4, -0.2) is 55.1 Å². The van der Waals surface area contributed by atoms with Gasteiger partial charge in [-0.15, -0.1) is 0 Å². The van der Waals surface area contributed by atoms with Crippen LogP contribution in [0.3, 0.4) is 0 Å². The number of rotatable bonds is 4. The maximum absolute atomic E-state index is 13.7.